The number of amides is 1. The Morgan fingerprint density at radius 2 is 1.74 bits per heavy atom. The molecule has 1 unspecified atom stereocenters. The second-order valence-electron chi connectivity index (χ2n) is 8.83. The Bertz CT molecular complexity index is 1310. The zero-order valence-corrected chi connectivity index (χ0v) is 20.9. The highest BCUT2D eigenvalue weighted by atomic mass is 16.5. The van der Waals surface area contributed by atoms with Crippen LogP contribution in [0.15, 0.2) is 66.7 Å². The molecule has 0 fully saturated rings. The molecule has 6 nitrogen and oxygen atoms in total. The van der Waals surface area contributed by atoms with Gasteiger partial charge in [0.15, 0.2) is 11.5 Å². The van der Waals surface area contributed by atoms with Gasteiger partial charge in [-0.05, 0) is 69.5 Å². The molecular formula is C29H33N3O3. The summed E-state index contributed by atoms with van der Waals surface area (Å²) >= 11 is 0. The molecule has 4 aromatic rings. The molecule has 0 spiro atoms. The van der Waals surface area contributed by atoms with Gasteiger partial charge in [-0.2, -0.15) is 0 Å². The van der Waals surface area contributed by atoms with Crippen LogP contribution in [0.2, 0.25) is 0 Å². The van der Waals surface area contributed by atoms with Crippen LogP contribution < -0.4 is 14.8 Å². The molecule has 0 saturated carbocycles. The van der Waals surface area contributed by atoms with Gasteiger partial charge in [-0.3, -0.25) is 4.79 Å². The lowest BCUT2D eigenvalue weighted by atomic mass is 10.0. The van der Waals surface area contributed by atoms with Crippen LogP contribution in [0.4, 0.5) is 0 Å². The van der Waals surface area contributed by atoms with E-state index in [-0.39, 0.29) is 11.9 Å². The lowest BCUT2D eigenvalue weighted by Crippen LogP contribution is -2.29. The summed E-state index contributed by atoms with van der Waals surface area (Å²) in [6.07, 6.45) is 1.80. The quantitative estimate of drug-likeness (QED) is 0.288. The van der Waals surface area contributed by atoms with Gasteiger partial charge in [-0.25, -0.2) is 4.98 Å². The fourth-order valence-corrected chi connectivity index (χ4v) is 4.36. The Hall–Kier alpha value is -3.80. The predicted molar refractivity (Wildman–Crippen MR) is 139 cm³/mol. The second-order valence-corrected chi connectivity index (χ2v) is 8.83. The average molecular weight is 472 g/mol. The highest BCUT2D eigenvalue weighted by Crippen LogP contribution is 2.26. The monoisotopic (exact) mass is 471 g/mol. The predicted octanol–water partition coefficient (Wildman–Crippen LogP) is 6.01. The van der Waals surface area contributed by atoms with Crippen LogP contribution in [-0.2, 0) is 6.54 Å². The molecule has 35 heavy (non-hydrogen) atoms. The van der Waals surface area contributed by atoms with Crippen molar-refractivity contribution in [3.8, 4) is 11.5 Å². The zero-order chi connectivity index (χ0) is 24.8. The van der Waals surface area contributed by atoms with Crippen LogP contribution in [-0.4, -0.2) is 29.2 Å². The maximum Gasteiger partial charge on any atom is 0.252 e. The standard InChI is InChI=1S/C29H33N3O3/c1-20-15-16-23(21(2)19-20)29(33)30-22(3)28-31-24-11-5-6-12-25(24)32(28)17-9-10-18-35-27-14-8-7-13-26(27)34-4/h5-8,11-16,19,22H,9-10,17-18H2,1-4H3,(H,30,33). The Kier molecular flexibility index (Phi) is 7.70. The highest BCUT2D eigenvalue weighted by molar-refractivity contribution is 5.96. The van der Waals surface area contributed by atoms with E-state index in [9.17, 15) is 4.79 Å². The lowest BCUT2D eigenvalue weighted by molar-refractivity contribution is 0.0937. The van der Waals surface area contributed by atoms with E-state index < -0.39 is 0 Å². The third-order valence-electron chi connectivity index (χ3n) is 6.15. The first-order valence-electron chi connectivity index (χ1n) is 12.1. The fourth-order valence-electron chi connectivity index (χ4n) is 4.36. The Morgan fingerprint density at radius 1 is 1.00 bits per heavy atom. The Morgan fingerprint density at radius 3 is 2.51 bits per heavy atom. The van der Waals surface area contributed by atoms with Crippen LogP contribution in [0.5, 0.6) is 11.5 Å². The summed E-state index contributed by atoms with van der Waals surface area (Å²) in [4.78, 5) is 17.9. The molecular weight excluding hydrogens is 438 g/mol. The number of para-hydroxylation sites is 4. The summed E-state index contributed by atoms with van der Waals surface area (Å²) in [5, 5.41) is 3.15. The first-order valence-corrected chi connectivity index (χ1v) is 12.1. The molecule has 1 heterocycles. The first-order chi connectivity index (χ1) is 17.0. The summed E-state index contributed by atoms with van der Waals surface area (Å²) < 4.78 is 13.5. The van der Waals surface area contributed by atoms with Gasteiger partial charge in [-0.1, -0.05) is 42.0 Å². The van der Waals surface area contributed by atoms with Gasteiger partial charge < -0.3 is 19.4 Å². The van der Waals surface area contributed by atoms with Crippen LogP contribution in [0.25, 0.3) is 11.0 Å². The summed E-state index contributed by atoms with van der Waals surface area (Å²) in [6, 6.07) is 21.4. The molecule has 0 aliphatic carbocycles. The summed E-state index contributed by atoms with van der Waals surface area (Å²) in [6.45, 7) is 7.37. The van der Waals surface area contributed by atoms with Crippen molar-refractivity contribution in [3.05, 3.63) is 89.2 Å². The van der Waals surface area contributed by atoms with Crippen molar-refractivity contribution in [2.75, 3.05) is 13.7 Å². The van der Waals surface area contributed by atoms with Crippen LogP contribution >= 0.6 is 0 Å². The summed E-state index contributed by atoms with van der Waals surface area (Å²) in [5.74, 6) is 2.27. The van der Waals surface area contributed by atoms with Crippen molar-refractivity contribution in [1.82, 2.24) is 14.9 Å². The van der Waals surface area contributed by atoms with Crippen molar-refractivity contribution in [3.63, 3.8) is 0 Å². The third kappa shape index (κ3) is 5.65. The van der Waals surface area contributed by atoms with E-state index in [4.69, 9.17) is 14.5 Å². The molecule has 1 amide bonds. The van der Waals surface area contributed by atoms with Crippen LogP contribution in [0.1, 0.15) is 53.1 Å². The zero-order valence-electron chi connectivity index (χ0n) is 20.9. The molecule has 0 saturated heterocycles. The minimum Gasteiger partial charge on any atom is -0.493 e. The molecule has 3 aromatic carbocycles. The molecule has 182 valence electrons. The van der Waals surface area contributed by atoms with Crippen molar-refractivity contribution in [1.29, 1.82) is 0 Å². The van der Waals surface area contributed by atoms with E-state index in [1.54, 1.807) is 7.11 Å². The number of carbonyl (C=O) groups excluding carboxylic acids is 1. The number of hydrogen-bond donors (Lipinski definition) is 1. The second kappa shape index (κ2) is 11.1. The number of nitrogens with one attached hydrogen (secondary N) is 1. The van der Waals surface area contributed by atoms with Gasteiger partial charge in [0, 0.05) is 12.1 Å². The van der Waals surface area contributed by atoms with Crippen molar-refractivity contribution in [2.24, 2.45) is 0 Å². The maximum absolute atomic E-state index is 13.0. The van der Waals surface area contributed by atoms with E-state index in [1.165, 1.54) is 0 Å². The minimum absolute atomic E-state index is 0.0844. The van der Waals surface area contributed by atoms with E-state index >= 15 is 0 Å². The maximum atomic E-state index is 13.0. The number of hydrogen-bond acceptors (Lipinski definition) is 4. The molecule has 6 heteroatoms. The number of carbonyl (C=O) groups is 1. The molecule has 1 N–H and O–H groups in total. The molecule has 1 atom stereocenters. The number of nitrogens with zero attached hydrogens (tertiary/aromatic N) is 2. The summed E-state index contributed by atoms with van der Waals surface area (Å²) in [5.41, 5.74) is 4.81. The normalized spacial score (nSPS) is 11.9. The first kappa shape index (κ1) is 24.3. The third-order valence-corrected chi connectivity index (χ3v) is 6.15. The number of methoxy groups -OCH3 is 1. The molecule has 0 bridgehead atoms. The summed E-state index contributed by atoms with van der Waals surface area (Å²) in [7, 11) is 1.65. The SMILES string of the molecule is COc1ccccc1OCCCCn1c(C(C)NC(=O)c2ccc(C)cc2C)nc2ccccc21. The largest absolute Gasteiger partial charge is 0.493 e. The van der Waals surface area contributed by atoms with Gasteiger partial charge in [-0.15, -0.1) is 0 Å². The topological polar surface area (TPSA) is 65.4 Å². The number of imidazole rings is 1. The average Bonchev–Trinajstić information content (AvgIpc) is 3.22. The number of benzene rings is 3. The molecule has 0 radical (unpaired) electrons. The van der Waals surface area contributed by atoms with Gasteiger partial charge in [0.05, 0.1) is 30.8 Å². The van der Waals surface area contributed by atoms with Gasteiger partial charge in [0.2, 0.25) is 0 Å². The van der Waals surface area contributed by atoms with E-state index in [0.29, 0.717) is 12.2 Å². The molecule has 0 aliphatic heterocycles. The van der Waals surface area contributed by atoms with Gasteiger partial charge in [0.25, 0.3) is 5.91 Å². The van der Waals surface area contributed by atoms with Crippen molar-refractivity contribution in [2.45, 2.75) is 46.2 Å². The van der Waals surface area contributed by atoms with Crippen LogP contribution in [0.3, 0.4) is 0 Å². The fraction of sp³-hybridized carbons (Fsp3) is 0.310. The van der Waals surface area contributed by atoms with E-state index in [1.807, 2.05) is 81.4 Å². The number of aryl methyl sites for hydroxylation is 3. The lowest BCUT2D eigenvalue weighted by Gasteiger charge is -2.17. The number of ether oxygens (including phenoxy) is 2. The van der Waals surface area contributed by atoms with Crippen molar-refractivity contribution < 1.29 is 14.3 Å². The minimum atomic E-state index is -0.236. The Balaban J connectivity index is 1.44. The van der Waals surface area contributed by atoms with E-state index in [0.717, 1.165) is 58.9 Å². The number of rotatable bonds is 10. The molecule has 0 aliphatic rings. The highest BCUT2D eigenvalue weighted by Gasteiger charge is 2.19. The van der Waals surface area contributed by atoms with Crippen molar-refractivity contribution >= 4 is 16.9 Å². The smallest absolute Gasteiger partial charge is 0.252 e. The molecule has 1 aromatic heterocycles. The number of unbranched alkanes of at least 4 members (excludes halogenated alkanes) is 1. The number of fused-ring (bicyclic) bond motifs is 1. The number of aromatic nitrogens is 2. The van der Waals surface area contributed by atoms with Gasteiger partial charge in [0.1, 0.15) is 5.82 Å². The molecule has 4 rings (SSSR count). The Labute approximate surface area is 206 Å². The van der Waals surface area contributed by atoms with Gasteiger partial charge >= 0.3 is 0 Å². The van der Waals surface area contributed by atoms with Crippen LogP contribution in [0, 0.1) is 13.8 Å². The van der Waals surface area contributed by atoms with E-state index in [2.05, 4.69) is 16.0 Å².